The normalized spacial score (nSPS) is 17.9. The molecule has 0 radical (unpaired) electrons. The number of piperidine rings is 1. The zero-order valence-electron chi connectivity index (χ0n) is 16.1. The minimum Gasteiger partial charge on any atom is -0.339 e. The van der Waals surface area contributed by atoms with E-state index in [9.17, 15) is 4.79 Å². The van der Waals surface area contributed by atoms with Gasteiger partial charge in [0.15, 0.2) is 10.8 Å². The first-order chi connectivity index (χ1) is 13.1. The van der Waals surface area contributed by atoms with Crippen LogP contribution in [0.4, 0.5) is 0 Å². The van der Waals surface area contributed by atoms with Gasteiger partial charge in [-0.15, -0.1) is 10.2 Å². The molecule has 4 rings (SSSR count). The van der Waals surface area contributed by atoms with Gasteiger partial charge in [-0.3, -0.25) is 9.20 Å². The van der Waals surface area contributed by atoms with Crippen LogP contribution in [0.3, 0.4) is 0 Å². The average molecular weight is 384 g/mol. The van der Waals surface area contributed by atoms with Crippen LogP contribution in [-0.4, -0.2) is 48.7 Å². The third-order valence-corrected chi connectivity index (χ3v) is 6.12. The predicted molar refractivity (Wildman–Crippen MR) is 108 cm³/mol. The highest BCUT2D eigenvalue weighted by Crippen LogP contribution is 2.27. The maximum atomic E-state index is 12.7. The number of fused-ring (bicyclic) bond motifs is 3. The molecule has 0 saturated carbocycles. The molecular formula is C20H25N5OS. The Hall–Kier alpha value is -2.15. The minimum absolute atomic E-state index is 0.184. The lowest BCUT2D eigenvalue weighted by Gasteiger charge is -2.33. The average Bonchev–Trinajstić information content (AvgIpc) is 3.10. The van der Waals surface area contributed by atoms with E-state index in [1.807, 2.05) is 33.6 Å². The summed E-state index contributed by atoms with van der Waals surface area (Å²) in [5, 5.41) is 10.5. The van der Waals surface area contributed by atoms with Crippen molar-refractivity contribution in [1.82, 2.24) is 24.5 Å². The zero-order chi connectivity index (χ0) is 19.0. The summed E-state index contributed by atoms with van der Waals surface area (Å²) >= 11 is 1.46. The van der Waals surface area contributed by atoms with Gasteiger partial charge >= 0.3 is 0 Å². The highest BCUT2D eigenvalue weighted by atomic mass is 32.2. The second kappa shape index (κ2) is 7.46. The molecule has 1 aliphatic heterocycles. The third-order valence-electron chi connectivity index (χ3n) is 5.21. The second-order valence-corrected chi connectivity index (χ2v) is 8.45. The fraction of sp³-hybridized carbons (Fsp3) is 0.500. The largest absolute Gasteiger partial charge is 0.339 e. The molecule has 0 N–H and O–H groups in total. The molecule has 1 unspecified atom stereocenters. The molecule has 0 bridgehead atoms. The number of amides is 1. The summed E-state index contributed by atoms with van der Waals surface area (Å²) in [5.74, 6) is 1.72. The molecular weight excluding hydrogens is 358 g/mol. The Labute approximate surface area is 163 Å². The number of carbonyl (C=O) groups is 1. The predicted octanol–water partition coefficient (Wildman–Crippen LogP) is 3.89. The molecule has 1 fully saturated rings. The topological polar surface area (TPSA) is 63.4 Å². The van der Waals surface area contributed by atoms with Crippen LogP contribution in [0.15, 0.2) is 29.4 Å². The van der Waals surface area contributed by atoms with Gasteiger partial charge in [-0.1, -0.05) is 37.7 Å². The molecule has 1 amide bonds. The smallest absolute Gasteiger partial charge is 0.233 e. The molecule has 1 aromatic carbocycles. The number of thioether (sulfide) groups is 1. The van der Waals surface area contributed by atoms with Gasteiger partial charge in [0, 0.05) is 23.9 Å². The van der Waals surface area contributed by atoms with Crippen LogP contribution in [0.1, 0.15) is 51.8 Å². The number of carbonyl (C=O) groups excluding carboxylic acids is 1. The molecule has 142 valence electrons. The monoisotopic (exact) mass is 383 g/mol. The Morgan fingerprint density at radius 3 is 2.85 bits per heavy atom. The SMILES string of the molecule is CC(C)c1nc2ccccc2c2nnc(SCC(=O)N3CCCCC3C)n12. The minimum atomic E-state index is 0.184. The molecule has 1 saturated heterocycles. The maximum Gasteiger partial charge on any atom is 0.233 e. The summed E-state index contributed by atoms with van der Waals surface area (Å²) in [6.07, 6.45) is 3.41. The summed E-state index contributed by atoms with van der Waals surface area (Å²) in [5.41, 5.74) is 1.74. The van der Waals surface area contributed by atoms with Crippen LogP contribution >= 0.6 is 11.8 Å². The molecule has 1 aliphatic rings. The summed E-state index contributed by atoms with van der Waals surface area (Å²) in [4.78, 5) is 19.6. The Kier molecular flexibility index (Phi) is 5.04. The first-order valence-electron chi connectivity index (χ1n) is 9.62. The Morgan fingerprint density at radius 2 is 2.07 bits per heavy atom. The van der Waals surface area contributed by atoms with Crippen molar-refractivity contribution < 1.29 is 4.79 Å². The molecule has 0 spiro atoms. The molecule has 1 atom stereocenters. The lowest BCUT2D eigenvalue weighted by atomic mass is 10.0. The number of benzene rings is 1. The Balaban J connectivity index is 1.66. The summed E-state index contributed by atoms with van der Waals surface area (Å²) < 4.78 is 2.02. The quantitative estimate of drug-likeness (QED) is 0.640. The van der Waals surface area contributed by atoms with Crippen LogP contribution in [-0.2, 0) is 4.79 Å². The standard InChI is InChI=1S/C20H25N5OS/c1-13(2)18-21-16-10-5-4-9-15(16)19-22-23-20(25(18)19)27-12-17(26)24-11-7-6-8-14(24)3/h4-5,9-10,13-14H,6-8,11-12H2,1-3H3. The van der Waals surface area contributed by atoms with E-state index in [1.165, 1.54) is 18.2 Å². The summed E-state index contributed by atoms with van der Waals surface area (Å²) in [7, 11) is 0. The van der Waals surface area contributed by atoms with E-state index >= 15 is 0 Å². The molecule has 0 aliphatic carbocycles. The van der Waals surface area contributed by atoms with Crippen molar-refractivity contribution in [1.29, 1.82) is 0 Å². The first-order valence-corrected chi connectivity index (χ1v) is 10.6. The van der Waals surface area contributed by atoms with E-state index in [4.69, 9.17) is 4.98 Å². The van der Waals surface area contributed by atoms with E-state index in [0.29, 0.717) is 11.8 Å². The number of aromatic nitrogens is 4. The van der Waals surface area contributed by atoms with Crippen LogP contribution in [0.2, 0.25) is 0 Å². The van der Waals surface area contributed by atoms with E-state index in [2.05, 4.69) is 31.0 Å². The van der Waals surface area contributed by atoms with Gasteiger partial charge in [-0.05, 0) is 38.3 Å². The van der Waals surface area contributed by atoms with Gasteiger partial charge in [0.1, 0.15) is 5.82 Å². The van der Waals surface area contributed by atoms with Gasteiger partial charge in [0.25, 0.3) is 0 Å². The fourth-order valence-electron chi connectivity index (χ4n) is 3.74. The molecule has 6 nitrogen and oxygen atoms in total. The zero-order valence-corrected chi connectivity index (χ0v) is 16.9. The van der Waals surface area contributed by atoms with E-state index in [1.54, 1.807) is 0 Å². The molecule has 3 aromatic rings. The second-order valence-electron chi connectivity index (χ2n) is 7.50. The summed E-state index contributed by atoms with van der Waals surface area (Å²) in [6, 6.07) is 8.33. The molecule has 3 heterocycles. The fourth-order valence-corrected chi connectivity index (χ4v) is 4.57. The van der Waals surface area contributed by atoms with Gasteiger partial charge < -0.3 is 4.90 Å². The molecule has 7 heteroatoms. The van der Waals surface area contributed by atoms with Crippen molar-refractivity contribution in [3.05, 3.63) is 30.1 Å². The number of hydrogen-bond donors (Lipinski definition) is 0. The highest BCUT2D eigenvalue weighted by molar-refractivity contribution is 7.99. The van der Waals surface area contributed by atoms with Crippen LogP contribution in [0.25, 0.3) is 16.6 Å². The van der Waals surface area contributed by atoms with Gasteiger partial charge in [-0.2, -0.15) is 0 Å². The van der Waals surface area contributed by atoms with Crippen molar-refractivity contribution in [2.45, 2.75) is 57.1 Å². The Bertz CT molecular complexity index is 983. The Morgan fingerprint density at radius 1 is 1.26 bits per heavy atom. The molecule has 2 aromatic heterocycles. The van der Waals surface area contributed by atoms with Crippen molar-refractivity contribution in [3.8, 4) is 0 Å². The van der Waals surface area contributed by atoms with E-state index in [0.717, 1.165) is 46.9 Å². The maximum absolute atomic E-state index is 12.7. The van der Waals surface area contributed by atoms with E-state index in [-0.39, 0.29) is 11.8 Å². The number of hydrogen-bond acceptors (Lipinski definition) is 5. The van der Waals surface area contributed by atoms with Crippen molar-refractivity contribution >= 4 is 34.2 Å². The van der Waals surface area contributed by atoms with E-state index < -0.39 is 0 Å². The van der Waals surface area contributed by atoms with Crippen molar-refractivity contribution in [2.75, 3.05) is 12.3 Å². The molecule has 27 heavy (non-hydrogen) atoms. The summed E-state index contributed by atoms with van der Waals surface area (Å²) in [6.45, 7) is 7.24. The third kappa shape index (κ3) is 3.40. The highest BCUT2D eigenvalue weighted by Gasteiger charge is 2.24. The van der Waals surface area contributed by atoms with Crippen LogP contribution < -0.4 is 0 Å². The number of likely N-dealkylation sites (tertiary alicyclic amines) is 1. The first kappa shape index (κ1) is 18.2. The number of rotatable bonds is 4. The van der Waals surface area contributed by atoms with Crippen LogP contribution in [0, 0.1) is 0 Å². The lowest BCUT2D eigenvalue weighted by Crippen LogP contribution is -2.42. The van der Waals surface area contributed by atoms with Gasteiger partial charge in [-0.25, -0.2) is 4.98 Å². The lowest BCUT2D eigenvalue weighted by molar-refractivity contribution is -0.131. The van der Waals surface area contributed by atoms with Crippen LogP contribution in [0.5, 0.6) is 0 Å². The number of para-hydroxylation sites is 1. The van der Waals surface area contributed by atoms with Gasteiger partial charge in [0.2, 0.25) is 5.91 Å². The van der Waals surface area contributed by atoms with Crippen molar-refractivity contribution in [3.63, 3.8) is 0 Å². The van der Waals surface area contributed by atoms with Gasteiger partial charge in [0.05, 0.1) is 11.3 Å². The number of nitrogens with zero attached hydrogens (tertiary/aromatic N) is 5. The van der Waals surface area contributed by atoms with Crippen molar-refractivity contribution in [2.24, 2.45) is 0 Å².